The van der Waals surface area contributed by atoms with Gasteiger partial charge in [-0.3, -0.25) is 4.90 Å². The van der Waals surface area contributed by atoms with Crippen LogP contribution in [0.25, 0.3) is 0 Å². The van der Waals surface area contributed by atoms with E-state index in [1.165, 1.54) is 25.7 Å². The first-order valence-corrected chi connectivity index (χ1v) is 6.66. The SMILES string of the molecule is CCN(Cc1nccn1C)C1CCC(N)CC1. The van der Waals surface area contributed by atoms with Gasteiger partial charge in [0.15, 0.2) is 0 Å². The average molecular weight is 236 g/mol. The molecule has 1 saturated carbocycles. The smallest absolute Gasteiger partial charge is 0.122 e. The Kier molecular flexibility index (Phi) is 4.18. The zero-order valence-electron chi connectivity index (χ0n) is 11.0. The fourth-order valence-corrected chi connectivity index (χ4v) is 2.70. The second kappa shape index (κ2) is 5.65. The molecule has 2 N–H and O–H groups in total. The van der Waals surface area contributed by atoms with Crippen LogP contribution >= 0.6 is 0 Å². The lowest BCUT2D eigenvalue weighted by Crippen LogP contribution is -2.40. The second-order valence-corrected chi connectivity index (χ2v) is 5.09. The summed E-state index contributed by atoms with van der Waals surface area (Å²) in [5.74, 6) is 1.15. The first-order valence-electron chi connectivity index (χ1n) is 6.66. The predicted molar refractivity (Wildman–Crippen MR) is 69.5 cm³/mol. The van der Waals surface area contributed by atoms with E-state index in [2.05, 4.69) is 28.4 Å². The third kappa shape index (κ3) is 3.07. The van der Waals surface area contributed by atoms with Gasteiger partial charge in [0.1, 0.15) is 5.82 Å². The second-order valence-electron chi connectivity index (χ2n) is 5.09. The Morgan fingerprint density at radius 3 is 2.65 bits per heavy atom. The van der Waals surface area contributed by atoms with Crippen molar-refractivity contribution >= 4 is 0 Å². The first kappa shape index (κ1) is 12.6. The molecule has 96 valence electrons. The summed E-state index contributed by atoms with van der Waals surface area (Å²) in [5.41, 5.74) is 5.96. The van der Waals surface area contributed by atoms with E-state index in [9.17, 15) is 0 Å². The minimum absolute atomic E-state index is 0.429. The predicted octanol–water partition coefficient (Wildman–Crippen LogP) is 1.51. The molecule has 0 radical (unpaired) electrons. The maximum atomic E-state index is 5.96. The molecular formula is C13H24N4. The highest BCUT2D eigenvalue weighted by atomic mass is 15.2. The zero-order chi connectivity index (χ0) is 12.3. The molecule has 2 rings (SSSR count). The van der Waals surface area contributed by atoms with Crippen LogP contribution in [-0.4, -0.2) is 33.1 Å². The van der Waals surface area contributed by atoms with Crippen LogP contribution in [0.2, 0.25) is 0 Å². The van der Waals surface area contributed by atoms with Crippen LogP contribution < -0.4 is 5.73 Å². The highest BCUT2D eigenvalue weighted by Crippen LogP contribution is 2.23. The van der Waals surface area contributed by atoms with Crippen molar-refractivity contribution in [2.75, 3.05) is 6.54 Å². The van der Waals surface area contributed by atoms with Crippen molar-refractivity contribution in [1.82, 2.24) is 14.5 Å². The monoisotopic (exact) mass is 236 g/mol. The molecule has 0 saturated heterocycles. The van der Waals surface area contributed by atoms with E-state index in [-0.39, 0.29) is 0 Å². The Morgan fingerprint density at radius 1 is 1.41 bits per heavy atom. The summed E-state index contributed by atoms with van der Waals surface area (Å²) in [6.45, 7) is 4.28. The molecule has 17 heavy (non-hydrogen) atoms. The molecule has 0 aromatic carbocycles. The number of aryl methyl sites for hydroxylation is 1. The molecule has 0 spiro atoms. The Balaban J connectivity index is 1.95. The lowest BCUT2D eigenvalue weighted by atomic mass is 9.91. The number of rotatable bonds is 4. The summed E-state index contributed by atoms with van der Waals surface area (Å²) in [7, 11) is 2.06. The highest BCUT2D eigenvalue weighted by molar-refractivity contribution is 4.92. The number of imidazole rings is 1. The van der Waals surface area contributed by atoms with Crippen molar-refractivity contribution in [2.45, 2.75) is 51.2 Å². The lowest BCUT2D eigenvalue weighted by Gasteiger charge is -2.35. The van der Waals surface area contributed by atoms with Gasteiger partial charge in [0.25, 0.3) is 0 Å². The molecule has 1 aromatic heterocycles. The summed E-state index contributed by atoms with van der Waals surface area (Å²) in [5, 5.41) is 0. The third-order valence-electron chi connectivity index (χ3n) is 3.93. The maximum Gasteiger partial charge on any atom is 0.122 e. The normalized spacial score (nSPS) is 25.4. The fourth-order valence-electron chi connectivity index (χ4n) is 2.70. The third-order valence-corrected chi connectivity index (χ3v) is 3.93. The lowest BCUT2D eigenvalue weighted by molar-refractivity contribution is 0.145. The molecule has 0 unspecified atom stereocenters. The number of nitrogens with zero attached hydrogens (tertiary/aromatic N) is 3. The molecule has 4 heteroatoms. The largest absolute Gasteiger partial charge is 0.337 e. The number of hydrogen-bond acceptors (Lipinski definition) is 3. The average Bonchev–Trinajstić information content (AvgIpc) is 2.73. The van der Waals surface area contributed by atoms with Crippen molar-refractivity contribution in [2.24, 2.45) is 12.8 Å². The molecule has 1 fully saturated rings. The van der Waals surface area contributed by atoms with Crippen molar-refractivity contribution in [3.63, 3.8) is 0 Å². The minimum Gasteiger partial charge on any atom is -0.337 e. The van der Waals surface area contributed by atoms with Gasteiger partial charge in [0, 0.05) is 31.5 Å². The van der Waals surface area contributed by atoms with E-state index in [1.807, 2.05) is 12.4 Å². The molecule has 1 heterocycles. The van der Waals surface area contributed by atoms with Gasteiger partial charge >= 0.3 is 0 Å². The van der Waals surface area contributed by atoms with Gasteiger partial charge in [-0.1, -0.05) is 6.92 Å². The molecule has 0 atom stereocenters. The van der Waals surface area contributed by atoms with E-state index in [1.54, 1.807) is 0 Å². The van der Waals surface area contributed by atoms with Gasteiger partial charge in [-0.05, 0) is 32.2 Å². The quantitative estimate of drug-likeness (QED) is 0.862. The van der Waals surface area contributed by atoms with Crippen molar-refractivity contribution in [3.05, 3.63) is 18.2 Å². The van der Waals surface area contributed by atoms with Gasteiger partial charge in [-0.2, -0.15) is 0 Å². The highest BCUT2D eigenvalue weighted by Gasteiger charge is 2.23. The zero-order valence-corrected chi connectivity index (χ0v) is 11.0. The van der Waals surface area contributed by atoms with Crippen LogP contribution in [0.1, 0.15) is 38.4 Å². The van der Waals surface area contributed by atoms with Crippen LogP contribution in [-0.2, 0) is 13.6 Å². The molecule has 1 aliphatic carbocycles. The topological polar surface area (TPSA) is 47.1 Å². The number of nitrogens with two attached hydrogens (primary N) is 1. The van der Waals surface area contributed by atoms with Crippen molar-refractivity contribution in [1.29, 1.82) is 0 Å². The summed E-state index contributed by atoms with van der Waals surface area (Å²) in [6, 6.07) is 1.12. The Bertz CT molecular complexity index is 339. The summed E-state index contributed by atoms with van der Waals surface area (Å²) >= 11 is 0. The summed E-state index contributed by atoms with van der Waals surface area (Å²) < 4.78 is 2.11. The van der Waals surface area contributed by atoms with Gasteiger partial charge in [-0.25, -0.2) is 4.98 Å². The van der Waals surface area contributed by atoms with Crippen LogP contribution in [0.15, 0.2) is 12.4 Å². The van der Waals surface area contributed by atoms with E-state index < -0.39 is 0 Å². The van der Waals surface area contributed by atoms with E-state index in [4.69, 9.17) is 5.73 Å². The Morgan fingerprint density at radius 2 is 2.12 bits per heavy atom. The van der Waals surface area contributed by atoms with Gasteiger partial charge in [0.05, 0.1) is 6.54 Å². The molecular weight excluding hydrogens is 212 g/mol. The Hall–Kier alpha value is -0.870. The summed E-state index contributed by atoms with van der Waals surface area (Å²) in [4.78, 5) is 6.95. The fraction of sp³-hybridized carbons (Fsp3) is 0.769. The van der Waals surface area contributed by atoms with Crippen molar-refractivity contribution in [3.8, 4) is 0 Å². The standard InChI is InChI=1S/C13H24N4/c1-3-17(10-13-15-8-9-16(13)2)12-6-4-11(14)5-7-12/h8-9,11-12H,3-7,10,14H2,1-2H3. The van der Waals surface area contributed by atoms with Crippen LogP contribution in [0.4, 0.5) is 0 Å². The molecule has 0 amide bonds. The van der Waals surface area contributed by atoms with Crippen molar-refractivity contribution < 1.29 is 0 Å². The van der Waals surface area contributed by atoms with Crippen LogP contribution in [0.5, 0.6) is 0 Å². The maximum absolute atomic E-state index is 5.96. The van der Waals surface area contributed by atoms with E-state index in [0.717, 1.165) is 18.9 Å². The number of aromatic nitrogens is 2. The molecule has 4 nitrogen and oxygen atoms in total. The molecule has 1 aliphatic rings. The molecule has 1 aromatic rings. The Labute approximate surface area is 104 Å². The van der Waals surface area contributed by atoms with Gasteiger partial charge < -0.3 is 10.3 Å². The summed E-state index contributed by atoms with van der Waals surface area (Å²) in [6.07, 6.45) is 8.70. The first-order chi connectivity index (χ1) is 8.20. The van der Waals surface area contributed by atoms with Crippen LogP contribution in [0, 0.1) is 0 Å². The van der Waals surface area contributed by atoms with E-state index >= 15 is 0 Å². The van der Waals surface area contributed by atoms with E-state index in [0.29, 0.717) is 12.1 Å². The van der Waals surface area contributed by atoms with Crippen LogP contribution in [0.3, 0.4) is 0 Å². The van der Waals surface area contributed by atoms with Gasteiger partial charge in [-0.15, -0.1) is 0 Å². The number of hydrogen-bond donors (Lipinski definition) is 1. The minimum atomic E-state index is 0.429. The molecule has 0 aliphatic heterocycles. The molecule has 0 bridgehead atoms. The van der Waals surface area contributed by atoms with Gasteiger partial charge in [0.2, 0.25) is 0 Å².